The van der Waals surface area contributed by atoms with Crippen LogP contribution in [0.4, 0.5) is 0 Å². The number of methoxy groups -OCH3 is 2. The first-order valence-electron chi connectivity index (χ1n) is 3.51. The van der Waals surface area contributed by atoms with Crippen LogP contribution in [0, 0.1) is 0 Å². The Bertz CT molecular complexity index is 206. The van der Waals surface area contributed by atoms with Gasteiger partial charge < -0.3 is 13.9 Å². The van der Waals surface area contributed by atoms with Crippen LogP contribution in [0.3, 0.4) is 0 Å². The predicted molar refractivity (Wildman–Crippen MR) is 41.2 cm³/mol. The third-order valence-electron chi connectivity index (χ3n) is 1.53. The Balaban J connectivity index is 2.99. The number of furan rings is 1. The molecule has 0 spiro atoms. The maximum absolute atomic E-state index is 5.18. The van der Waals surface area contributed by atoms with E-state index in [1.807, 2.05) is 6.92 Å². The van der Waals surface area contributed by atoms with Gasteiger partial charge in [0.1, 0.15) is 12.0 Å². The zero-order valence-electron chi connectivity index (χ0n) is 7.01. The van der Waals surface area contributed by atoms with E-state index in [1.165, 1.54) is 0 Å². The predicted octanol–water partition coefficient (Wildman–Crippen LogP) is 1.86. The van der Waals surface area contributed by atoms with Gasteiger partial charge in [0.15, 0.2) is 5.75 Å². The third-order valence-corrected chi connectivity index (χ3v) is 1.53. The molecule has 3 nitrogen and oxygen atoms in total. The number of aryl methyl sites for hydroxylation is 1. The van der Waals surface area contributed by atoms with E-state index in [0.29, 0.717) is 11.5 Å². The van der Waals surface area contributed by atoms with Gasteiger partial charge in [0.2, 0.25) is 5.75 Å². The topological polar surface area (TPSA) is 31.6 Å². The zero-order chi connectivity index (χ0) is 8.27. The van der Waals surface area contributed by atoms with Crippen LogP contribution in [0.15, 0.2) is 10.7 Å². The average molecular weight is 156 g/mol. The molecule has 0 aliphatic rings. The Morgan fingerprint density at radius 1 is 1.36 bits per heavy atom. The van der Waals surface area contributed by atoms with E-state index in [1.54, 1.807) is 20.5 Å². The van der Waals surface area contributed by atoms with Crippen molar-refractivity contribution in [3.63, 3.8) is 0 Å². The van der Waals surface area contributed by atoms with E-state index in [9.17, 15) is 0 Å². The van der Waals surface area contributed by atoms with Gasteiger partial charge in [0, 0.05) is 6.42 Å². The molecule has 0 bridgehead atoms. The normalized spacial score (nSPS) is 9.73. The van der Waals surface area contributed by atoms with Crippen LogP contribution in [0.2, 0.25) is 0 Å². The summed E-state index contributed by atoms with van der Waals surface area (Å²) in [7, 11) is 3.19. The fourth-order valence-electron chi connectivity index (χ4n) is 0.968. The van der Waals surface area contributed by atoms with Crippen molar-refractivity contribution in [2.24, 2.45) is 0 Å². The van der Waals surface area contributed by atoms with Crippen molar-refractivity contribution in [3.8, 4) is 11.5 Å². The van der Waals surface area contributed by atoms with Gasteiger partial charge in [-0.05, 0) is 0 Å². The van der Waals surface area contributed by atoms with Crippen molar-refractivity contribution in [3.05, 3.63) is 12.0 Å². The number of hydrogen-bond donors (Lipinski definition) is 0. The number of ether oxygens (including phenoxy) is 2. The lowest BCUT2D eigenvalue weighted by molar-refractivity contribution is 0.355. The van der Waals surface area contributed by atoms with Crippen molar-refractivity contribution in [2.45, 2.75) is 13.3 Å². The summed E-state index contributed by atoms with van der Waals surface area (Å²) in [5, 5.41) is 0. The molecule has 1 aromatic heterocycles. The van der Waals surface area contributed by atoms with Crippen molar-refractivity contribution in [1.82, 2.24) is 0 Å². The highest BCUT2D eigenvalue weighted by molar-refractivity contribution is 5.40. The smallest absolute Gasteiger partial charge is 0.202 e. The maximum Gasteiger partial charge on any atom is 0.202 e. The highest BCUT2D eigenvalue weighted by Gasteiger charge is 2.12. The minimum Gasteiger partial charge on any atom is -0.490 e. The lowest BCUT2D eigenvalue weighted by Gasteiger charge is -2.00. The lowest BCUT2D eigenvalue weighted by Crippen LogP contribution is -1.88. The minimum absolute atomic E-state index is 0.657. The highest BCUT2D eigenvalue weighted by atomic mass is 16.5. The molecule has 0 N–H and O–H groups in total. The summed E-state index contributed by atoms with van der Waals surface area (Å²) in [4.78, 5) is 0. The molecule has 0 saturated heterocycles. The van der Waals surface area contributed by atoms with Crippen LogP contribution in [0.1, 0.15) is 12.7 Å². The SMILES string of the molecule is CCc1occ(OC)c1OC. The Kier molecular flexibility index (Phi) is 2.41. The number of rotatable bonds is 3. The standard InChI is InChI=1S/C8H12O3/c1-4-6-8(10-3)7(9-2)5-11-6/h5H,4H2,1-3H3. The molecule has 0 radical (unpaired) electrons. The molecule has 1 aromatic rings. The van der Waals surface area contributed by atoms with Crippen LogP contribution in [-0.2, 0) is 6.42 Å². The molecule has 62 valence electrons. The molecule has 11 heavy (non-hydrogen) atoms. The Hall–Kier alpha value is -1.12. The fourth-order valence-corrected chi connectivity index (χ4v) is 0.968. The molecule has 1 heterocycles. The first-order valence-corrected chi connectivity index (χ1v) is 3.51. The molecule has 0 amide bonds. The average Bonchev–Trinajstić information content (AvgIpc) is 2.45. The van der Waals surface area contributed by atoms with Gasteiger partial charge in [-0.1, -0.05) is 6.92 Å². The second-order valence-corrected chi connectivity index (χ2v) is 2.11. The van der Waals surface area contributed by atoms with Crippen LogP contribution in [0.25, 0.3) is 0 Å². The molecule has 0 aliphatic carbocycles. The van der Waals surface area contributed by atoms with E-state index < -0.39 is 0 Å². The zero-order valence-corrected chi connectivity index (χ0v) is 7.01. The van der Waals surface area contributed by atoms with E-state index in [-0.39, 0.29) is 0 Å². The van der Waals surface area contributed by atoms with E-state index >= 15 is 0 Å². The van der Waals surface area contributed by atoms with Crippen molar-refractivity contribution in [1.29, 1.82) is 0 Å². The molecule has 0 atom stereocenters. The molecule has 0 unspecified atom stereocenters. The third kappa shape index (κ3) is 1.31. The van der Waals surface area contributed by atoms with Gasteiger partial charge in [-0.2, -0.15) is 0 Å². The summed E-state index contributed by atoms with van der Waals surface area (Å²) in [6.07, 6.45) is 2.37. The Morgan fingerprint density at radius 2 is 2.09 bits per heavy atom. The summed E-state index contributed by atoms with van der Waals surface area (Å²) >= 11 is 0. The van der Waals surface area contributed by atoms with Gasteiger partial charge in [0.05, 0.1) is 14.2 Å². The molecule has 0 aromatic carbocycles. The summed E-state index contributed by atoms with van der Waals surface area (Å²) in [6, 6.07) is 0. The van der Waals surface area contributed by atoms with Crippen LogP contribution in [-0.4, -0.2) is 14.2 Å². The van der Waals surface area contributed by atoms with Crippen LogP contribution < -0.4 is 9.47 Å². The number of hydrogen-bond acceptors (Lipinski definition) is 3. The van der Waals surface area contributed by atoms with Crippen molar-refractivity contribution in [2.75, 3.05) is 14.2 Å². The summed E-state index contributed by atoms with van der Waals surface area (Å²) in [6.45, 7) is 2.00. The summed E-state index contributed by atoms with van der Waals surface area (Å²) in [5.41, 5.74) is 0. The monoisotopic (exact) mass is 156 g/mol. The lowest BCUT2D eigenvalue weighted by atomic mass is 10.3. The quantitative estimate of drug-likeness (QED) is 0.669. The minimum atomic E-state index is 0.657. The van der Waals surface area contributed by atoms with Gasteiger partial charge in [-0.25, -0.2) is 0 Å². The van der Waals surface area contributed by atoms with Crippen molar-refractivity contribution < 1.29 is 13.9 Å². The molecule has 0 aliphatic heterocycles. The van der Waals surface area contributed by atoms with E-state index in [0.717, 1.165) is 12.2 Å². The second kappa shape index (κ2) is 3.32. The van der Waals surface area contributed by atoms with Gasteiger partial charge in [-0.3, -0.25) is 0 Å². The molecular formula is C8H12O3. The summed E-state index contributed by atoms with van der Waals surface area (Å²) in [5.74, 6) is 2.18. The Labute approximate surface area is 65.9 Å². The Morgan fingerprint density at radius 3 is 2.55 bits per heavy atom. The second-order valence-electron chi connectivity index (χ2n) is 2.11. The van der Waals surface area contributed by atoms with E-state index in [2.05, 4.69) is 0 Å². The van der Waals surface area contributed by atoms with Crippen LogP contribution in [0.5, 0.6) is 11.5 Å². The first-order chi connectivity index (χ1) is 5.33. The van der Waals surface area contributed by atoms with Crippen molar-refractivity contribution >= 4 is 0 Å². The van der Waals surface area contributed by atoms with Gasteiger partial charge in [0.25, 0.3) is 0 Å². The van der Waals surface area contributed by atoms with Gasteiger partial charge >= 0.3 is 0 Å². The molecular weight excluding hydrogens is 144 g/mol. The molecule has 0 saturated carbocycles. The molecule has 1 rings (SSSR count). The molecule has 3 heteroatoms. The van der Waals surface area contributed by atoms with Crippen LogP contribution >= 0.6 is 0 Å². The largest absolute Gasteiger partial charge is 0.490 e. The van der Waals surface area contributed by atoms with E-state index in [4.69, 9.17) is 13.9 Å². The maximum atomic E-state index is 5.18. The fraction of sp³-hybridized carbons (Fsp3) is 0.500. The first kappa shape index (κ1) is 7.98. The van der Waals surface area contributed by atoms with Gasteiger partial charge in [-0.15, -0.1) is 0 Å². The summed E-state index contributed by atoms with van der Waals surface area (Å²) < 4.78 is 15.3. The molecule has 0 fully saturated rings. The highest BCUT2D eigenvalue weighted by Crippen LogP contribution is 2.32.